The summed E-state index contributed by atoms with van der Waals surface area (Å²) < 4.78 is 12.4. The van der Waals surface area contributed by atoms with Crippen LogP contribution in [0.4, 0.5) is 0 Å². The first-order valence-corrected chi connectivity index (χ1v) is 13.6. The average Bonchev–Trinajstić information content (AvgIpc) is 2.82. The Bertz CT molecular complexity index is 932. The lowest BCUT2D eigenvalue weighted by Gasteiger charge is -2.43. The maximum absolute atomic E-state index is 13.5. The first kappa shape index (κ1) is 27.5. The molecule has 0 bridgehead atoms. The van der Waals surface area contributed by atoms with Crippen molar-refractivity contribution in [1.82, 2.24) is 0 Å². The molecule has 1 fully saturated rings. The molecule has 0 aromatic heterocycles. The van der Waals surface area contributed by atoms with Gasteiger partial charge in [-0.05, 0) is 72.6 Å². The largest absolute Gasteiger partial charge is 0.460 e. The van der Waals surface area contributed by atoms with Crippen molar-refractivity contribution < 1.29 is 14.3 Å². The molecule has 3 heteroatoms. The van der Waals surface area contributed by atoms with Crippen LogP contribution in [-0.4, -0.2) is 18.2 Å². The summed E-state index contributed by atoms with van der Waals surface area (Å²) >= 11 is 0. The summed E-state index contributed by atoms with van der Waals surface area (Å²) in [6.45, 7) is 17.7. The van der Waals surface area contributed by atoms with Gasteiger partial charge >= 0.3 is 5.97 Å². The Morgan fingerprint density at radius 2 is 1.40 bits per heavy atom. The van der Waals surface area contributed by atoms with Crippen molar-refractivity contribution in [2.24, 2.45) is 5.92 Å². The SMILES string of the molecule is CC(C)O[C@@H](C(=O)O[C@H]1CCCC[C@@H]1C(C)(C)c1cc(C(C)C)cc(C(C)C)c1)c1ccccc1. The van der Waals surface area contributed by atoms with E-state index < -0.39 is 6.10 Å². The standard InChI is InChI=1S/C32H46O3/c1-21(2)25-18-26(22(3)4)20-27(19-25)32(7,8)28-16-12-13-17-29(28)35-31(33)30(34-23(5)6)24-14-10-9-11-15-24/h9-11,14-15,18-23,28-30H,12-13,16-17H2,1-8H3/t28-,29-,30+/m0/s1. The lowest BCUT2D eigenvalue weighted by molar-refractivity contribution is -0.172. The molecular formula is C32H46O3. The molecule has 2 aromatic carbocycles. The number of rotatable bonds is 9. The summed E-state index contributed by atoms with van der Waals surface area (Å²) in [5.41, 5.74) is 4.87. The van der Waals surface area contributed by atoms with Gasteiger partial charge in [0, 0.05) is 5.92 Å². The van der Waals surface area contributed by atoms with E-state index in [1.54, 1.807) is 0 Å². The van der Waals surface area contributed by atoms with Gasteiger partial charge in [-0.2, -0.15) is 0 Å². The van der Waals surface area contributed by atoms with E-state index in [0.717, 1.165) is 24.8 Å². The minimum Gasteiger partial charge on any atom is -0.460 e. The van der Waals surface area contributed by atoms with Crippen molar-refractivity contribution in [2.75, 3.05) is 0 Å². The van der Waals surface area contributed by atoms with Crippen LogP contribution in [0.15, 0.2) is 48.5 Å². The second kappa shape index (κ2) is 11.7. The predicted octanol–water partition coefficient (Wildman–Crippen LogP) is 8.48. The summed E-state index contributed by atoms with van der Waals surface area (Å²) in [6, 6.07) is 16.9. The summed E-state index contributed by atoms with van der Waals surface area (Å²) in [5, 5.41) is 0. The molecule has 0 aliphatic heterocycles. The Labute approximate surface area is 213 Å². The van der Waals surface area contributed by atoms with Gasteiger partial charge < -0.3 is 9.47 Å². The molecule has 3 rings (SSSR count). The monoisotopic (exact) mass is 478 g/mol. The fourth-order valence-electron chi connectivity index (χ4n) is 5.37. The minimum absolute atomic E-state index is 0.0698. The van der Waals surface area contributed by atoms with Crippen molar-refractivity contribution in [3.8, 4) is 0 Å². The first-order valence-electron chi connectivity index (χ1n) is 13.6. The van der Waals surface area contributed by atoms with E-state index in [1.165, 1.54) is 23.1 Å². The van der Waals surface area contributed by atoms with Crippen LogP contribution in [-0.2, 0) is 19.7 Å². The van der Waals surface area contributed by atoms with Crippen LogP contribution >= 0.6 is 0 Å². The summed E-state index contributed by atoms with van der Waals surface area (Å²) in [6.07, 6.45) is 3.36. The first-order chi connectivity index (χ1) is 16.5. The van der Waals surface area contributed by atoms with Crippen molar-refractivity contribution in [3.05, 3.63) is 70.8 Å². The molecule has 2 aromatic rings. The fraction of sp³-hybridized carbons (Fsp3) is 0.594. The molecule has 1 aliphatic carbocycles. The van der Waals surface area contributed by atoms with Gasteiger partial charge in [0.15, 0.2) is 6.10 Å². The van der Waals surface area contributed by atoms with Gasteiger partial charge in [-0.25, -0.2) is 4.79 Å². The number of carbonyl (C=O) groups excluding carboxylic acids is 1. The van der Waals surface area contributed by atoms with Crippen LogP contribution in [0.5, 0.6) is 0 Å². The van der Waals surface area contributed by atoms with Crippen molar-refractivity contribution in [2.45, 2.75) is 117 Å². The molecule has 192 valence electrons. The highest BCUT2D eigenvalue weighted by Gasteiger charge is 2.41. The lowest BCUT2D eigenvalue weighted by Crippen LogP contribution is -2.43. The van der Waals surface area contributed by atoms with Crippen LogP contribution in [0.2, 0.25) is 0 Å². The zero-order valence-electron chi connectivity index (χ0n) is 23.1. The predicted molar refractivity (Wildman–Crippen MR) is 145 cm³/mol. The van der Waals surface area contributed by atoms with Gasteiger partial charge in [0.25, 0.3) is 0 Å². The van der Waals surface area contributed by atoms with Crippen LogP contribution in [0.3, 0.4) is 0 Å². The Kier molecular flexibility index (Phi) is 9.21. The molecule has 1 aliphatic rings. The Hall–Kier alpha value is -2.13. The minimum atomic E-state index is -0.696. The average molecular weight is 479 g/mol. The highest BCUT2D eigenvalue weighted by Crippen LogP contribution is 2.44. The topological polar surface area (TPSA) is 35.5 Å². The Morgan fingerprint density at radius 1 is 0.829 bits per heavy atom. The van der Waals surface area contributed by atoms with E-state index in [1.807, 2.05) is 44.2 Å². The molecular weight excluding hydrogens is 432 g/mol. The highest BCUT2D eigenvalue weighted by molar-refractivity contribution is 5.76. The summed E-state index contributed by atoms with van der Waals surface area (Å²) in [7, 11) is 0. The van der Waals surface area contributed by atoms with Crippen molar-refractivity contribution in [3.63, 3.8) is 0 Å². The highest BCUT2D eigenvalue weighted by atomic mass is 16.6. The molecule has 0 spiro atoms. The van der Waals surface area contributed by atoms with E-state index in [-0.39, 0.29) is 29.5 Å². The normalized spacial score (nSPS) is 19.9. The number of ether oxygens (including phenoxy) is 2. The van der Waals surface area contributed by atoms with E-state index >= 15 is 0 Å². The maximum atomic E-state index is 13.5. The van der Waals surface area contributed by atoms with Crippen LogP contribution in [0.1, 0.15) is 121 Å². The van der Waals surface area contributed by atoms with Gasteiger partial charge in [0.2, 0.25) is 0 Å². The number of carbonyl (C=O) groups is 1. The van der Waals surface area contributed by atoms with Gasteiger partial charge in [0.05, 0.1) is 6.10 Å². The van der Waals surface area contributed by atoms with Gasteiger partial charge in [-0.1, -0.05) is 96.5 Å². The third kappa shape index (κ3) is 6.76. The van der Waals surface area contributed by atoms with Crippen LogP contribution in [0.25, 0.3) is 0 Å². The fourth-order valence-corrected chi connectivity index (χ4v) is 5.37. The summed E-state index contributed by atoms with van der Waals surface area (Å²) in [4.78, 5) is 13.5. The lowest BCUT2D eigenvalue weighted by atomic mass is 9.65. The maximum Gasteiger partial charge on any atom is 0.340 e. The van der Waals surface area contributed by atoms with Gasteiger partial charge in [-0.15, -0.1) is 0 Å². The molecule has 3 nitrogen and oxygen atoms in total. The molecule has 1 saturated carbocycles. The quantitative estimate of drug-likeness (QED) is 0.339. The number of hydrogen-bond donors (Lipinski definition) is 0. The molecule has 0 unspecified atom stereocenters. The molecule has 3 atom stereocenters. The van der Waals surface area contributed by atoms with Gasteiger partial charge in [-0.3, -0.25) is 0 Å². The van der Waals surface area contributed by atoms with E-state index in [9.17, 15) is 4.79 Å². The zero-order chi connectivity index (χ0) is 25.8. The van der Waals surface area contributed by atoms with Gasteiger partial charge in [0.1, 0.15) is 6.10 Å². The van der Waals surface area contributed by atoms with E-state index in [2.05, 4.69) is 59.7 Å². The van der Waals surface area contributed by atoms with Crippen LogP contribution in [0, 0.1) is 5.92 Å². The molecule has 0 saturated heterocycles. The molecule has 0 amide bonds. The summed E-state index contributed by atoms with van der Waals surface area (Å²) in [5.74, 6) is 0.945. The third-order valence-electron chi connectivity index (χ3n) is 7.68. The van der Waals surface area contributed by atoms with E-state index in [4.69, 9.17) is 9.47 Å². The smallest absolute Gasteiger partial charge is 0.340 e. The second-order valence-electron chi connectivity index (χ2n) is 11.8. The Morgan fingerprint density at radius 3 is 1.94 bits per heavy atom. The number of esters is 1. The Balaban J connectivity index is 1.91. The number of hydrogen-bond acceptors (Lipinski definition) is 3. The molecule has 0 heterocycles. The third-order valence-corrected chi connectivity index (χ3v) is 7.68. The van der Waals surface area contributed by atoms with Crippen molar-refractivity contribution >= 4 is 5.97 Å². The van der Waals surface area contributed by atoms with E-state index in [0.29, 0.717) is 11.8 Å². The molecule has 35 heavy (non-hydrogen) atoms. The molecule has 0 N–H and O–H groups in total. The van der Waals surface area contributed by atoms with Crippen LogP contribution < -0.4 is 0 Å². The number of benzene rings is 2. The zero-order valence-corrected chi connectivity index (χ0v) is 23.1. The second-order valence-corrected chi connectivity index (χ2v) is 11.8. The molecule has 0 radical (unpaired) electrons. The van der Waals surface area contributed by atoms with Crippen molar-refractivity contribution in [1.29, 1.82) is 0 Å².